The van der Waals surface area contributed by atoms with Crippen LogP contribution in [0.4, 0.5) is 0 Å². The number of benzene rings is 1. The van der Waals surface area contributed by atoms with E-state index in [2.05, 4.69) is 24.1 Å². The van der Waals surface area contributed by atoms with E-state index in [0.29, 0.717) is 58.4 Å². The van der Waals surface area contributed by atoms with Crippen LogP contribution in [-0.4, -0.2) is 85.8 Å². The fraction of sp³-hybridized carbons (Fsp3) is 0.607. The predicted molar refractivity (Wildman–Crippen MR) is 139 cm³/mol. The van der Waals surface area contributed by atoms with Gasteiger partial charge in [-0.05, 0) is 56.8 Å². The zero-order valence-corrected chi connectivity index (χ0v) is 21.8. The number of carbonyl (C=O) groups is 3. The van der Waals surface area contributed by atoms with Crippen molar-refractivity contribution in [3.8, 4) is 0 Å². The molecule has 0 atom stereocenters. The van der Waals surface area contributed by atoms with Crippen LogP contribution < -0.4 is 5.32 Å². The van der Waals surface area contributed by atoms with Crippen molar-refractivity contribution in [3.05, 3.63) is 42.0 Å². The molecule has 7 heteroatoms. The monoisotopic (exact) mass is 482 g/mol. The standard InChI is InChI=1S/C28H42N4O3/c1-28(2,21-30(3)4)20-29-26(34)23-12-18-32(19-13-23)27(35)24-14-16-31(17-15-24)25(33)11-10-22-8-6-5-7-9-22/h5-11,23-24H,12-21H2,1-4H3,(H,29,34)/b11-10+. The van der Waals surface area contributed by atoms with Crippen LogP contribution in [0.2, 0.25) is 0 Å². The molecule has 1 aromatic carbocycles. The zero-order chi connectivity index (χ0) is 25.4. The van der Waals surface area contributed by atoms with Gasteiger partial charge in [0.2, 0.25) is 17.7 Å². The molecule has 0 radical (unpaired) electrons. The van der Waals surface area contributed by atoms with E-state index >= 15 is 0 Å². The van der Waals surface area contributed by atoms with Gasteiger partial charge in [0.05, 0.1) is 0 Å². The van der Waals surface area contributed by atoms with Crippen LogP contribution in [0, 0.1) is 17.3 Å². The molecule has 0 saturated carbocycles. The minimum Gasteiger partial charge on any atom is -0.355 e. The average Bonchev–Trinajstić information content (AvgIpc) is 2.85. The molecule has 2 aliphatic rings. The van der Waals surface area contributed by atoms with Crippen molar-refractivity contribution in [1.82, 2.24) is 20.0 Å². The molecule has 2 aliphatic heterocycles. The number of hydrogen-bond acceptors (Lipinski definition) is 4. The maximum absolute atomic E-state index is 13.1. The lowest BCUT2D eigenvalue weighted by Crippen LogP contribution is -2.48. The van der Waals surface area contributed by atoms with E-state index in [1.165, 1.54) is 0 Å². The van der Waals surface area contributed by atoms with Gasteiger partial charge in [-0.3, -0.25) is 14.4 Å². The summed E-state index contributed by atoms with van der Waals surface area (Å²) in [5.74, 6) is 0.238. The molecular formula is C28H42N4O3. The topological polar surface area (TPSA) is 73.0 Å². The van der Waals surface area contributed by atoms with Gasteiger partial charge in [0, 0.05) is 57.2 Å². The lowest BCUT2D eigenvalue weighted by Gasteiger charge is -2.37. The van der Waals surface area contributed by atoms with Crippen molar-refractivity contribution in [2.24, 2.45) is 17.3 Å². The van der Waals surface area contributed by atoms with Gasteiger partial charge in [-0.2, -0.15) is 0 Å². The highest BCUT2D eigenvalue weighted by Gasteiger charge is 2.33. The lowest BCUT2D eigenvalue weighted by molar-refractivity contribution is -0.142. The van der Waals surface area contributed by atoms with Crippen molar-refractivity contribution in [3.63, 3.8) is 0 Å². The molecule has 35 heavy (non-hydrogen) atoms. The smallest absolute Gasteiger partial charge is 0.246 e. The number of nitrogens with zero attached hydrogens (tertiary/aromatic N) is 3. The summed E-state index contributed by atoms with van der Waals surface area (Å²) in [4.78, 5) is 44.2. The minimum absolute atomic E-state index is 0.000313. The van der Waals surface area contributed by atoms with E-state index in [1.807, 2.05) is 60.3 Å². The third-order valence-corrected chi connectivity index (χ3v) is 7.04. The number of piperidine rings is 2. The molecule has 0 aliphatic carbocycles. The number of carbonyl (C=O) groups excluding carboxylic acids is 3. The van der Waals surface area contributed by atoms with E-state index in [4.69, 9.17) is 0 Å². The van der Waals surface area contributed by atoms with E-state index in [9.17, 15) is 14.4 Å². The van der Waals surface area contributed by atoms with E-state index in [1.54, 1.807) is 6.08 Å². The third-order valence-electron chi connectivity index (χ3n) is 7.04. The summed E-state index contributed by atoms with van der Waals surface area (Å²) in [5.41, 5.74) is 1.02. The summed E-state index contributed by atoms with van der Waals surface area (Å²) in [6, 6.07) is 9.78. The lowest BCUT2D eigenvalue weighted by atomic mass is 9.90. The molecule has 1 N–H and O–H groups in total. The Labute approximate surface area is 210 Å². The normalized spacial score (nSPS) is 18.3. The molecule has 3 amide bonds. The molecular weight excluding hydrogens is 440 g/mol. The largest absolute Gasteiger partial charge is 0.355 e. The molecule has 192 valence electrons. The highest BCUT2D eigenvalue weighted by molar-refractivity contribution is 5.92. The Kier molecular flexibility index (Phi) is 9.49. The number of rotatable bonds is 8. The Morgan fingerprint density at radius 1 is 0.943 bits per heavy atom. The minimum atomic E-state index is -0.0330. The second-order valence-electron chi connectivity index (χ2n) is 11.1. The molecule has 7 nitrogen and oxygen atoms in total. The van der Waals surface area contributed by atoms with E-state index in [-0.39, 0.29) is 35.0 Å². The number of likely N-dealkylation sites (tertiary alicyclic amines) is 2. The Morgan fingerprint density at radius 2 is 1.51 bits per heavy atom. The number of nitrogens with one attached hydrogen (secondary N) is 1. The molecule has 0 spiro atoms. The summed E-state index contributed by atoms with van der Waals surface area (Å²) in [7, 11) is 4.09. The Hall–Kier alpha value is -2.67. The summed E-state index contributed by atoms with van der Waals surface area (Å²) in [5, 5.41) is 3.13. The first kappa shape index (κ1) is 26.9. The number of amides is 3. The fourth-order valence-corrected chi connectivity index (χ4v) is 5.19. The van der Waals surface area contributed by atoms with E-state index < -0.39 is 0 Å². The fourth-order valence-electron chi connectivity index (χ4n) is 5.19. The van der Waals surface area contributed by atoms with Gasteiger partial charge in [0.25, 0.3) is 0 Å². The molecule has 1 aromatic rings. The van der Waals surface area contributed by atoms with Gasteiger partial charge in [-0.1, -0.05) is 44.2 Å². The molecule has 2 fully saturated rings. The summed E-state index contributed by atoms with van der Waals surface area (Å²) in [6.07, 6.45) is 6.29. The third kappa shape index (κ3) is 8.20. The molecule has 0 bridgehead atoms. The van der Waals surface area contributed by atoms with Gasteiger partial charge in [-0.15, -0.1) is 0 Å². The zero-order valence-electron chi connectivity index (χ0n) is 21.8. The second kappa shape index (κ2) is 12.3. The van der Waals surface area contributed by atoms with Gasteiger partial charge >= 0.3 is 0 Å². The molecule has 0 aromatic heterocycles. The average molecular weight is 483 g/mol. The van der Waals surface area contributed by atoms with Crippen molar-refractivity contribution in [2.45, 2.75) is 39.5 Å². The van der Waals surface area contributed by atoms with Crippen molar-refractivity contribution in [1.29, 1.82) is 0 Å². The van der Waals surface area contributed by atoms with Crippen molar-refractivity contribution in [2.75, 3.05) is 53.4 Å². The quantitative estimate of drug-likeness (QED) is 0.579. The summed E-state index contributed by atoms with van der Waals surface area (Å²) in [6.45, 7) is 8.37. The second-order valence-corrected chi connectivity index (χ2v) is 11.1. The highest BCUT2D eigenvalue weighted by atomic mass is 16.2. The highest BCUT2D eigenvalue weighted by Crippen LogP contribution is 2.25. The maximum Gasteiger partial charge on any atom is 0.246 e. The first-order valence-electron chi connectivity index (χ1n) is 12.9. The first-order chi connectivity index (χ1) is 16.6. The number of hydrogen-bond donors (Lipinski definition) is 1. The molecule has 2 heterocycles. The Bertz CT molecular complexity index is 881. The van der Waals surface area contributed by atoms with Gasteiger partial charge < -0.3 is 20.0 Å². The molecule has 2 saturated heterocycles. The van der Waals surface area contributed by atoms with Crippen LogP contribution >= 0.6 is 0 Å². The SMILES string of the molecule is CN(C)CC(C)(C)CNC(=O)C1CCN(C(=O)C2CCN(C(=O)/C=C/c3ccccc3)CC2)CC1. The molecule has 3 rings (SSSR count). The van der Waals surface area contributed by atoms with E-state index in [0.717, 1.165) is 12.1 Å². The van der Waals surface area contributed by atoms with Crippen LogP contribution in [-0.2, 0) is 14.4 Å². The predicted octanol–water partition coefficient (Wildman–Crippen LogP) is 2.88. The van der Waals surface area contributed by atoms with Crippen LogP contribution in [0.5, 0.6) is 0 Å². The summed E-state index contributed by atoms with van der Waals surface area (Å²) >= 11 is 0. The van der Waals surface area contributed by atoms with Gasteiger partial charge in [0.15, 0.2) is 0 Å². The summed E-state index contributed by atoms with van der Waals surface area (Å²) < 4.78 is 0. The van der Waals surface area contributed by atoms with Crippen LogP contribution in [0.15, 0.2) is 36.4 Å². The van der Waals surface area contributed by atoms with Crippen LogP contribution in [0.25, 0.3) is 6.08 Å². The molecule has 0 unspecified atom stereocenters. The van der Waals surface area contributed by atoms with Gasteiger partial charge in [-0.25, -0.2) is 0 Å². The van der Waals surface area contributed by atoms with Crippen molar-refractivity contribution >= 4 is 23.8 Å². The van der Waals surface area contributed by atoms with Gasteiger partial charge in [0.1, 0.15) is 0 Å². The Morgan fingerprint density at radius 3 is 2.11 bits per heavy atom. The Balaban J connectivity index is 1.39. The van der Waals surface area contributed by atoms with Crippen LogP contribution in [0.3, 0.4) is 0 Å². The first-order valence-corrected chi connectivity index (χ1v) is 12.9. The maximum atomic E-state index is 13.1. The van der Waals surface area contributed by atoms with Crippen molar-refractivity contribution < 1.29 is 14.4 Å². The van der Waals surface area contributed by atoms with Crippen LogP contribution in [0.1, 0.15) is 45.1 Å².